The van der Waals surface area contributed by atoms with E-state index in [1.54, 1.807) is 0 Å². The highest BCUT2D eigenvalue weighted by molar-refractivity contribution is 5.79. The Labute approximate surface area is 143 Å². The molecule has 1 fully saturated rings. The first-order chi connectivity index (χ1) is 11.8. The Morgan fingerprint density at radius 2 is 1.96 bits per heavy atom. The molecule has 4 heteroatoms. The summed E-state index contributed by atoms with van der Waals surface area (Å²) < 4.78 is 0. The third-order valence-electron chi connectivity index (χ3n) is 4.60. The number of anilines is 1. The summed E-state index contributed by atoms with van der Waals surface area (Å²) in [5.74, 6) is 0.283. The van der Waals surface area contributed by atoms with Crippen LogP contribution >= 0.6 is 0 Å². The summed E-state index contributed by atoms with van der Waals surface area (Å²) in [6.07, 6.45) is 7.65. The van der Waals surface area contributed by atoms with E-state index in [0.29, 0.717) is 0 Å². The SMILES string of the molecule is O=C(NCCCc1ccccc1)C1CCCN(c2ccncc2)C1. The van der Waals surface area contributed by atoms with Crippen LogP contribution in [-0.2, 0) is 11.2 Å². The van der Waals surface area contributed by atoms with E-state index in [4.69, 9.17) is 0 Å². The van der Waals surface area contributed by atoms with Gasteiger partial charge in [-0.1, -0.05) is 30.3 Å². The predicted molar refractivity (Wildman–Crippen MR) is 96.9 cm³/mol. The lowest BCUT2D eigenvalue weighted by Crippen LogP contribution is -2.43. The van der Waals surface area contributed by atoms with Gasteiger partial charge in [-0.15, -0.1) is 0 Å². The van der Waals surface area contributed by atoms with Crippen molar-refractivity contribution in [3.63, 3.8) is 0 Å². The molecule has 1 aromatic carbocycles. The standard InChI is InChI=1S/C20H25N3O/c24-20(22-12-4-8-17-6-2-1-3-7-17)18-9-5-15-23(16-18)19-10-13-21-14-11-19/h1-3,6-7,10-11,13-14,18H,4-5,8-9,12,15-16H2,(H,22,24). The first-order valence-corrected chi connectivity index (χ1v) is 8.79. The normalized spacial score (nSPS) is 17.5. The van der Waals surface area contributed by atoms with Crippen molar-refractivity contribution in [1.29, 1.82) is 0 Å². The van der Waals surface area contributed by atoms with E-state index in [1.165, 1.54) is 5.56 Å². The van der Waals surface area contributed by atoms with Gasteiger partial charge in [-0.25, -0.2) is 0 Å². The fourth-order valence-electron chi connectivity index (χ4n) is 3.27. The topological polar surface area (TPSA) is 45.2 Å². The van der Waals surface area contributed by atoms with Crippen molar-refractivity contribution in [2.45, 2.75) is 25.7 Å². The molecule has 3 rings (SSSR count). The van der Waals surface area contributed by atoms with Gasteiger partial charge in [0, 0.05) is 37.7 Å². The number of aryl methyl sites for hydroxylation is 1. The minimum absolute atomic E-state index is 0.0867. The van der Waals surface area contributed by atoms with Gasteiger partial charge in [0.1, 0.15) is 0 Å². The number of carbonyl (C=O) groups excluding carboxylic acids is 1. The molecule has 1 aliphatic heterocycles. The van der Waals surface area contributed by atoms with E-state index in [2.05, 4.69) is 39.5 Å². The maximum atomic E-state index is 12.4. The van der Waals surface area contributed by atoms with Crippen LogP contribution in [0.25, 0.3) is 0 Å². The smallest absolute Gasteiger partial charge is 0.224 e. The monoisotopic (exact) mass is 323 g/mol. The average Bonchev–Trinajstić information content (AvgIpc) is 2.67. The number of hydrogen-bond acceptors (Lipinski definition) is 3. The summed E-state index contributed by atoms with van der Waals surface area (Å²) in [6.45, 7) is 2.57. The Balaban J connectivity index is 1.43. The molecule has 24 heavy (non-hydrogen) atoms. The molecule has 1 saturated heterocycles. The molecule has 0 radical (unpaired) electrons. The summed E-state index contributed by atoms with van der Waals surface area (Å²) in [6, 6.07) is 14.4. The van der Waals surface area contributed by atoms with E-state index in [-0.39, 0.29) is 11.8 Å². The highest BCUT2D eigenvalue weighted by Crippen LogP contribution is 2.22. The van der Waals surface area contributed by atoms with Crippen LogP contribution in [0, 0.1) is 5.92 Å². The maximum absolute atomic E-state index is 12.4. The number of pyridine rings is 1. The Hall–Kier alpha value is -2.36. The second-order valence-corrected chi connectivity index (χ2v) is 6.37. The summed E-state index contributed by atoms with van der Waals surface area (Å²) in [4.78, 5) is 18.8. The van der Waals surface area contributed by atoms with E-state index < -0.39 is 0 Å². The Bertz CT molecular complexity index is 630. The molecule has 2 aromatic rings. The lowest BCUT2D eigenvalue weighted by atomic mass is 9.96. The second-order valence-electron chi connectivity index (χ2n) is 6.37. The minimum atomic E-state index is 0.0867. The predicted octanol–water partition coefficient (Wildman–Crippen LogP) is 3.05. The molecule has 0 aliphatic carbocycles. The molecule has 126 valence electrons. The average molecular weight is 323 g/mol. The van der Waals surface area contributed by atoms with Gasteiger partial charge < -0.3 is 10.2 Å². The lowest BCUT2D eigenvalue weighted by Gasteiger charge is -2.33. The number of amides is 1. The summed E-state index contributed by atoms with van der Waals surface area (Å²) in [7, 11) is 0. The van der Waals surface area contributed by atoms with Crippen LogP contribution in [0.2, 0.25) is 0 Å². The van der Waals surface area contributed by atoms with Crippen LogP contribution in [0.5, 0.6) is 0 Å². The zero-order chi connectivity index (χ0) is 16.6. The minimum Gasteiger partial charge on any atom is -0.371 e. The zero-order valence-corrected chi connectivity index (χ0v) is 14.0. The van der Waals surface area contributed by atoms with Crippen molar-refractivity contribution in [2.24, 2.45) is 5.92 Å². The van der Waals surface area contributed by atoms with Crippen LogP contribution in [0.3, 0.4) is 0 Å². The molecule has 1 amide bonds. The molecule has 1 aromatic heterocycles. The van der Waals surface area contributed by atoms with Gasteiger partial charge >= 0.3 is 0 Å². The van der Waals surface area contributed by atoms with Crippen LogP contribution in [-0.4, -0.2) is 30.5 Å². The second kappa shape index (κ2) is 8.48. The van der Waals surface area contributed by atoms with Gasteiger partial charge in [-0.05, 0) is 43.4 Å². The number of benzene rings is 1. The van der Waals surface area contributed by atoms with Crippen molar-refractivity contribution in [3.8, 4) is 0 Å². The molecular weight excluding hydrogens is 298 g/mol. The molecule has 1 unspecified atom stereocenters. The first kappa shape index (κ1) is 16.5. The third kappa shape index (κ3) is 4.57. The van der Waals surface area contributed by atoms with Gasteiger partial charge in [-0.2, -0.15) is 0 Å². The van der Waals surface area contributed by atoms with E-state index in [9.17, 15) is 4.79 Å². The van der Waals surface area contributed by atoms with Crippen molar-refractivity contribution in [2.75, 3.05) is 24.5 Å². The lowest BCUT2D eigenvalue weighted by molar-refractivity contribution is -0.125. The first-order valence-electron chi connectivity index (χ1n) is 8.79. The largest absolute Gasteiger partial charge is 0.371 e. The van der Waals surface area contributed by atoms with Gasteiger partial charge in [-0.3, -0.25) is 9.78 Å². The fourth-order valence-corrected chi connectivity index (χ4v) is 3.27. The van der Waals surface area contributed by atoms with E-state index in [1.807, 2.05) is 30.6 Å². The van der Waals surface area contributed by atoms with Gasteiger partial charge in [0.2, 0.25) is 5.91 Å². The van der Waals surface area contributed by atoms with Crippen LogP contribution in [0.1, 0.15) is 24.8 Å². The van der Waals surface area contributed by atoms with Gasteiger partial charge in [0.25, 0.3) is 0 Å². The number of rotatable bonds is 6. The highest BCUT2D eigenvalue weighted by Gasteiger charge is 2.25. The molecule has 0 bridgehead atoms. The maximum Gasteiger partial charge on any atom is 0.224 e. The summed E-state index contributed by atoms with van der Waals surface area (Å²) in [5, 5.41) is 3.12. The molecule has 4 nitrogen and oxygen atoms in total. The molecule has 1 aliphatic rings. The Morgan fingerprint density at radius 1 is 1.17 bits per heavy atom. The van der Waals surface area contributed by atoms with Crippen molar-refractivity contribution < 1.29 is 4.79 Å². The Kier molecular flexibility index (Phi) is 5.83. The fraction of sp³-hybridized carbons (Fsp3) is 0.400. The highest BCUT2D eigenvalue weighted by atomic mass is 16.1. The molecule has 0 saturated carbocycles. The third-order valence-corrected chi connectivity index (χ3v) is 4.60. The molecule has 1 N–H and O–H groups in total. The number of hydrogen-bond donors (Lipinski definition) is 1. The molecular formula is C20H25N3O. The Morgan fingerprint density at radius 3 is 2.75 bits per heavy atom. The number of carbonyl (C=O) groups is 1. The molecule has 0 spiro atoms. The van der Waals surface area contributed by atoms with E-state index >= 15 is 0 Å². The van der Waals surface area contributed by atoms with E-state index in [0.717, 1.165) is 51.0 Å². The summed E-state index contributed by atoms with van der Waals surface area (Å²) >= 11 is 0. The number of piperidine rings is 1. The number of aromatic nitrogens is 1. The van der Waals surface area contributed by atoms with Crippen LogP contribution in [0.4, 0.5) is 5.69 Å². The molecule has 1 atom stereocenters. The van der Waals surface area contributed by atoms with Crippen molar-refractivity contribution in [1.82, 2.24) is 10.3 Å². The number of nitrogens with one attached hydrogen (secondary N) is 1. The van der Waals surface area contributed by atoms with Gasteiger partial charge in [0.05, 0.1) is 5.92 Å². The van der Waals surface area contributed by atoms with Crippen molar-refractivity contribution in [3.05, 3.63) is 60.4 Å². The zero-order valence-electron chi connectivity index (χ0n) is 14.0. The van der Waals surface area contributed by atoms with Crippen LogP contribution in [0.15, 0.2) is 54.9 Å². The van der Waals surface area contributed by atoms with Gasteiger partial charge in [0.15, 0.2) is 0 Å². The number of nitrogens with zero attached hydrogens (tertiary/aromatic N) is 2. The molecule has 2 heterocycles. The summed E-state index contributed by atoms with van der Waals surface area (Å²) in [5.41, 5.74) is 2.49. The van der Waals surface area contributed by atoms with Crippen LogP contribution < -0.4 is 10.2 Å². The van der Waals surface area contributed by atoms with Crippen molar-refractivity contribution >= 4 is 11.6 Å². The quantitative estimate of drug-likeness (QED) is 0.831.